The minimum Gasteiger partial charge on any atom is -0.322 e. The zero-order valence-corrected chi connectivity index (χ0v) is 15.5. The van der Waals surface area contributed by atoms with Gasteiger partial charge in [0.1, 0.15) is 0 Å². The average molecular weight is 358 g/mol. The minimum absolute atomic E-state index is 0.192. The number of anilines is 2. The number of aryl methyl sites for hydroxylation is 3. The molecule has 6 heteroatoms. The van der Waals surface area contributed by atoms with E-state index in [-0.39, 0.29) is 5.91 Å². The van der Waals surface area contributed by atoms with E-state index in [1.807, 2.05) is 44.2 Å². The van der Waals surface area contributed by atoms with Crippen LogP contribution in [0.5, 0.6) is 0 Å². The fourth-order valence-electron chi connectivity index (χ4n) is 3.14. The second-order valence-electron chi connectivity index (χ2n) is 6.55. The number of hydrogen-bond acceptors (Lipinski definition) is 3. The molecule has 2 aromatic rings. The fraction of sp³-hybridized carbons (Fsp3) is 0.316. The highest BCUT2D eigenvalue weighted by atomic mass is 32.2. The van der Waals surface area contributed by atoms with Gasteiger partial charge in [0.2, 0.25) is 10.0 Å². The summed E-state index contributed by atoms with van der Waals surface area (Å²) in [5, 5.41) is 2.89. The molecule has 5 nitrogen and oxygen atoms in total. The van der Waals surface area contributed by atoms with Gasteiger partial charge in [-0.05, 0) is 56.0 Å². The van der Waals surface area contributed by atoms with Crippen molar-refractivity contribution in [2.75, 3.05) is 22.4 Å². The Hall–Kier alpha value is -2.34. The molecule has 3 rings (SSSR count). The molecule has 132 valence electrons. The SMILES string of the molecule is Cc1ccc(C)c(C(=O)Nc2ccc3c(c2)N(S(C)(=O)=O)CCC3)c1. The van der Waals surface area contributed by atoms with Crippen molar-refractivity contribution in [3.8, 4) is 0 Å². The van der Waals surface area contributed by atoms with Gasteiger partial charge in [0, 0.05) is 17.8 Å². The molecule has 0 aromatic heterocycles. The van der Waals surface area contributed by atoms with Crippen LogP contribution in [-0.4, -0.2) is 27.1 Å². The third-order valence-corrected chi connectivity index (χ3v) is 5.64. The van der Waals surface area contributed by atoms with Crippen LogP contribution >= 0.6 is 0 Å². The van der Waals surface area contributed by atoms with Gasteiger partial charge in [-0.15, -0.1) is 0 Å². The summed E-state index contributed by atoms with van der Waals surface area (Å²) in [5.41, 5.74) is 4.79. The molecule has 25 heavy (non-hydrogen) atoms. The number of nitrogens with zero attached hydrogens (tertiary/aromatic N) is 1. The maximum atomic E-state index is 12.6. The second kappa shape index (κ2) is 6.52. The van der Waals surface area contributed by atoms with Crippen LogP contribution in [0.2, 0.25) is 0 Å². The van der Waals surface area contributed by atoms with E-state index in [1.165, 1.54) is 10.6 Å². The van der Waals surface area contributed by atoms with Crippen molar-refractivity contribution in [2.24, 2.45) is 0 Å². The first-order valence-corrected chi connectivity index (χ1v) is 10.1. The molecule has 1 heterocycles. The van der Waals surface area contributed by atoms with E-state index < -0.39 is 10.0 Å². The lowest BCUT2D eigenvalue weighted by molar-refractivity contribution is 0.102. The number of rotatable bonds is 3. The third kappa shape index (κ3) is 3.69. The molecule has 0 saturated heterocycles. The first kappa shape index (κ1) is 17.5. The lowest BCUT2D eigenvalue weighted by Gasteiger charge is -2.29. The molecule has 1 N–H and O–H groups in total. The smallest absolute Gasteiger partial charge is 0.255 e. The van der Waals surface area contributed by atoms with Crippen molar-refractivity contribution in [3.05, 3.63) is 58.7 Å². The van der Waals surface area contributed by atoms with Gasteiger partial charge in [-0.1, -0.05) is 23.8 Å². The molecule has 0 atom stereocenters. The van der Waals surface area contributed by atoms with Crippen molar-refractivity contribution in [1.29, 1.82) is 0 Å². The van der Waals surface area contributed by atoms with Gasteiger partial charge in [0.15, 0.2) is 0 Å². The van der Waals surface area contributed by atoms with E-state index in [2.05, 4.69) is 5.32 Å². The molecule has 0 aliphatic carbocycles. The number of carbonyl (C=O) groups is 1. The molecular weight excluding hydrogens is 336 g/mol. The van der Waals surface area contributed by atoms with Crippen molar-refractivity contribution < 1.29 is 13.2 Å². The summed E-state index contributed by atoms with van der Waals surface area (Å²) in [6.07, 6.45) is 2.85. The van der Waals surface area contributed by atoms with Crippen LogP contribution in [0, 0.1) is 13.8 Å². The van der Waals surface area contributed by atoms with Crippen molar-refractivity contribution in [2.45, 2.75) is 26.7 Å². The first-order valence-electron chi connectivity index (χ1n) is 8.25. The van der Waals surface area contributed by atoms with Crippen LogP contribution in [0.4, 0.5) is 11.4 Å². The van der Waals surface area contributed by atoms with Crippen LogP contribution < -0.4 is 9.62 Å². The standard InChI is InChI=1S/C19H22N2O3S/c1-13-6-7-14(2)17(11-13)19(22)20-16-9-8-15-5-4-10-21(18(15)12-16)25(3,23)24/h6-9,11-12H,4-5,10H2,1-3H3,(H,20,22). The topological polar surface area (TPSA) is 66.5 Å². The Kier molecular flexibility index (Phi) is 4.56. The summed E-state index contributed by atoms with van der Waals surface area (Å²) in [5.74, 6) is -0.192. The number of hydrogen-bond donors (Lipinski definition) is 1. The second-order valence-corrected chi connectivity index (χ2v) is 8.46. The number of benzene rings is 2. The molecule has 1 aliphatic rings. The summed E-state index contributed by atoms with van der Waals surface area (Å²) in [4.78, 5) is 12.6. The van der Waals surface area contributed by atoms with E-state index in [4.69, 9.17) is 0 Å². The monoisotopic (exact) mass is 358 g/mol. The van der Waals surface area contributed by atoms with Gasteiger partial charge in [0.25, 0.3) is 5.91 Å². The Morgan fingerprint density at radius 1 is 1.12 bits per heavy atom. The number of amides is 1. The molecular formula is C19H22N2O3S. The fourth-order valence-corrected chi connectivity index (χ4v) is 4.13. The maximum absolute atomic E-state index is 12.6. The van der Waals surface area contributed by atoms with Gasteiger partial charge >= 0.3 is 0 Å². The largest absolute Gasteiger partial charge is 0.322 e. The van der Waals surface area contributed by atoms with Crippen molar-refractivity contribution in [3.63, 3.8) is 0 Å². The highest BCUT2D eigenvalue weighted by Gasteiger charge is 2.24. The van der Waals surface area contributed by atoms with E-state index in [1.54, 1.807) is 6.07 Å². The lowest BCUT2D eigenvalue weighted by atomic mass is 10.0. The Bertz CT molecular complexity index is 936. The maximum Gasteiger partial charge on any atom is 0.255 e. The molecule has 1 aliphatic heterocycles. The molecule has 0 fully saturated rings. The Balaban J connectivity index is 1.92. The average Bonchev–Trinajstić information content (AvgIpc) is 2.55. The van der Waals surface area contributed by atoms with Gasteiger partial charge < -0.3 is 5.32 Å². The quantitative estimate of drug-likeness (QED) is 0.916. The van der Waals surface area contributed by atoms with Crippen LogP contribution in [0.15, 0.2) is 36.4 Å². The highest BCUT2D eigenvalue weighted by Crippen LogP contribution is 2.32. The van der Waals surface area contributed by atoms with Crippen molar-refractivity contribution in [1.82, 2.24) is 0 Å². The lowest BCUT2D eigenvalue weighted by Crippen LogP contribution is -2.34. The van der Waals surface area contributed by atoms with E-state index in [0.29, 0.717) is 23.5 Å². The van der Waals surface area contributed by atoms with Gasteiger partial charge in [0.05, 0.1) is 11.9 Å². The van der Waals surface area contributed by atoms with Crippen molar-refractivity contribution >= 4 is 27.3 Å². The molecule has 0 bridgehead atoms. The van der Waals surface area contributed by atoms with Crippen LogP contribution in [0.25, 0.3) is 0 Å². The number of carbonyl (C=O) groups excluding carboxylic acids is 1. The van der Waals surface area contributed by atoms with Gasteiger partial charge in [-0.25, -0.2) is 8.42 Å². The summed E-state index contributed by atoms with van der Waals surface area (Å²) in [7, 11) is -3.33. The molecule has 0 radical (unpaired) electrons. The van der Waals surface area contributed by atoms with E-state index >= 15 is 0 Å². The summed E-state index contributed by atoms with van der Waals surface area (Å²) in [6.45, 7) is 4.31. The highest BCUT2D eigenvalue weighted by molar-refractivity contribution is 7.92. The normalized spacial score (nSPS) is 14.1. The summed E-state index contributed by atoms with van der Waals surface area (Å²) >= 11 is 0. The molecule has 0 unspecified atom stereocenters. The molecule has 2 aromatic carbocycles. The zero-order valence-electron chi connectivity index (χ0n) is 14.7. The Labute approximate surface area is 148 Å². The first-order chi connectivity index (χ1) is 11.8. The molecule has 1 amide bonds. The van der Waals surface area contributed by atoms with Crippen LogP contribution in [0.3, 0.4) is 0 Å². The summed E-state index contributed by atoms with van der Waals surface area (Å²) in [6, 6.07) is 11.2. The minimum atomic E-state index is -3.33. The number of fused-ring (bicyclic) bond motifs is 1. The third-order valence-electron chi connectivity index (χ3n) is 4.46. The van der Waals surface area contributed by atoms with Crippen LogP contribution in [0.1, 0.15) is 33.5 Å². The molecule has 0 spiro atoms. The predicted octanol–water partition coefficient (Wildman–Crippen LogP) is 3.27. The van der Waals surface area contributed by atoms with Gasteiger partial charge in [-0.2, -0.15) is 0 Å². The number of nitrogens with one attached hydrogen (secondary N) is 1. The summed E-state index contributed by atoms with van der Waals surface area (Å²) < 4.78 is 25.5. The Morgan fingerprint density at radius 2 is 1.88 bits per heavy atom. The molecule has 0 saturated carbocycles. The van der Waals surface area contributed by atoms with Gasteiger partial charge in [-0.3, -0.25) is 9.10 Å². The Morgan fingerprint density at radius 3 is 2.60 bits per heavy atom. The van der Waals surface area contributed by atoms with E-state index in [0.717, 1.165) is 29.5 Å². The zero-order chi connectivity index (χ0) is 18.2. The number of sulfonamides is 1. The van der Waals surface area contributed by atoms with E-state index in [9.17, 15) is 13.2 Å². The predicted molar refractivity (Wildman–Crippen MR) is 101 cm³/mol. The van der Waals surface area contributed by atoms with Crippen LogP contribution in [-0.2, 0) is 16.4 Å².